The van der Waals surface area contributed by atoms with Crippen LogP contribution in [-0.4, -0.2) is 0 Å². The van der Waals surface area contributed by atoms with Crippen molar-refractivity contribution in [1.82, 2.24) is 0 Å². The van der Waals surface area contributed by atoms with Crippen LogP contribution >= 0.6 is 43.5 Å². The van der Waals surface area contributed by atoms with Gasteiger partial charge in [0.1, 0.15) is 0 Å². The van der Waals surface area contributed by atoms with Gasteiger partial charge in [0.15, 0.2) is 0 Å². The van der Waals surface area contributed by atoms with Gasteiger partial charge in [-0.05, 0) is 50.3 Å². The van der Waals surface area contributed by atoms with E-state index in [2.05, 4.69) is 68.3 Å². The quantitative estimate of drug-likeness (QED) is 0.415. The molecule has 84 valence electrons. The lowest BCUT2D eigenvalue weighted by atomic mass is 10.0. The van der Waals surface area contributed by atoms with Crippen LogP contribution in [0.5, 0.6) is 0 Å². The summed E-state index contributed by atoms with van der Waals surface area (Å²) in [6.45, 7) is 0. The van der Waals surface area contributed by atoms with Gasteiger partial charge < -0.3 is 0 Å². The molecule has 0 nitrogen and oxygen atoms in total. The summed E-state index contributed by atoms with van der Waals surface area (Å²) in [6.07, 6.45) is 0. The zero-order chi connectivity index (χ0) is 12.0. The Balaban J connectivity index is 2.56. The molecular weight excluding hydrogens is 363 g/mol. The Labute approximate surface area is 121 Å². The SMILES string of the molecule is Clc1c(Br)ccc2c1ccc1ccc(Br)cc12. The molecule has 0 aromatic heterocycles. The molecule has 0 saturated heterocycles. The average Bonchev–Trinajstić information content (AvgIpc) is 2.33. The van der Waals surface area contributed by atoms with Crippen molar-refractivity contribution in [3.63, 3.8) is 0 Å². The van der Waals surface area contributed by atoms with Crippen molar-refractivity contribution in [3.05, 3.63) is 56.4 Å². The van der Waals surface area contributed by atoms with E-state index in [0.717, 1.165) is 19.4 Å². The molecule has 0 bridgehead atoms. The molecule has 0 unspecified atom stereocenters. The second kappa shape index (κ2) is 4.27. The molecule has 0 aliphatic heterocycles. The van der Waals surface area contributed by atoms with E-state index in [4.69, 9.17) is 11.6 Å². The second-order valence-corrected chi connectivity index (χ2v) is 6.04. The zero-order valence-electron chi connectivity index (χ0n) is 8.68. The van der Waals surface area contributed by atoms with Gasteiger partial charge in [-0.15, -0.1) is 0 Å². The van der Waals surface area contributed by atoms with E-state index in [0.29, 0.717) is 0 Å². The molecular formula is C14H7Br2Cl. The van der Waals surface area contributed by atoms with E-state index in [1.165, 1.54) is 16.2 Å². The normalized spacial score (nSPS) is 11.2. The summed E-state index contributed by atoms with van der Waals surface area (Å²) in [5, 5.41) is 5.46. The summed E-state index contributed by atoms with van der Waals surface area (Å²) in [6, 6.07) is 14.5. The smallest absolute Gasteiger partial charge is 0.0626 e. The Morgan fingerprint density at radius 2 is 1.47 bits per heavy atom. The molecule has 0 N–H and O–H groups in total. The van der Waals surface area contributed by atoms with Gasteiger partial charge in [-0.3, -0.25) is 0 Å². The third-order valence-electron chi connectivity index (χ3n) is 2.87. The van der Waals surface area contributed by atoms with E-state index < -0.39 is 0 Å². The average molecular weight is 370 g/mol. The van der Waals surface area contributed by atoms with Crippen LogP contribution in [0.2, 0.25) is 5.02 Å². The third-order valence-corrected chi connectivity index (χ3v) is 4.66. The maximum atomic E-state index is 6.31. The third kappa shape index (κ3) is 1.88. The first kappa shape index (κ1) is 11.5. The van der Waals surface area contributed by atoms with E-state index >= 15 is 0 Å². The molecule has 0 radical (unpaired) electrons. The molecule has 3 rings (SSSR count). The van der Waals surface area contributed by atoms with Crippen molar-refractivity contribution in [2.75, 3.05) is 0 Å². The molecule has 0 fully saturated rings. The molecule has 17 heavy (non-hydrogen) atoms. The lowest BCUT2D eigenvalue weighted by Crippen LogP contribution is -1.80. The summed E-state index contributed by atoms with van der Waals surface area (Å²) in [4.78, 5) is 0. The van der Waals surface area contributed by atoms with Gasteiger partial charge in [0.05, 0.1) is 5.02 Å². The van der Waals surface area contributed by atoms with E-state index in [1.807, 2.05) is 6.07 Å². The molecule has 3 aromatic carbocycles. The van der Waals surface area contributed by atoms with Crippen molar-refractivity contribution in [3.8, 4) is 0 Å². The lowest BCUT2D eigenvalue weighted by molar-refractivity contribution is 1.70. The first-order chi connectivity index (χ1) is 8.16. The fraction of sp³-hybridized carbons (Fsp3) is 0. The van der Waals surface area contributed by atoms with Gasteiger partial charge in [-0.2, -0.15) is 0 Å². The summed E-state index contributed by atoms with van der Waals surface area (Å²) in [5.41, 5.74) is 0. The van der Waals surface area contributed by atoms with Crippen LogP contribution in [0, 0.1) is 0 Å². The number of benzene rings is 3. The van der Waals surface area contributed by atoms with Gasteiger partial charge in [-0.25, -0.2) is 0 Å². The van der Waals surface area contributed by atoms with E-state index in [9.17, 15) is 0 Å². The monoisotopic (exact) mass is 368 g/mol. The van der Waals surface area contributed by atoms with E-state index in [-0.39, 0.29) is 0 Å². The molecule has 0 aliphatic carbocycles. The number of fused-ring (bicyclic) bond motifs is 3. The molecule has 0 amide bonds. The molecule has 3 aromatic rings. The molecule has 0 aliphatic rings. The van der Waals surface area contributed by atoms with Crippen LogP contribution in [0.4, 0.5) is 0 Å². The van der Waals surface area contributed by atoms with Crippen LogP contribution in [0.15, 0.2) is 51.4 Å². The predicted molar refractivity (Wildman–Crippen MR) is 81.9 cm³/mol. The lowest BCUT2D eigenvalue weighted by Gasteiger charge is -2.07. The van der Waals surface area contributed by atoms with Crippen LogP contribution in [0.1, 0.15) is 0 Å². The highest BCUT2D eigenvalue weighted by Gasteiger charge is 2.06. The van der Waals surface area contributed by atoms with Crippen molar-refractivity contribution < 1.29 is 0 Å². The highest BCUT2D eigenvalue weighted by Crippen LogP contribution is 2.35. The Morgan fingerprint density at radius 3 is 2.29 bits per heavy atom. The summed E-state index contributed by atoms with van der Waals surface area (Å²) in [5.74, 6) is 0. The fourth-order valence-corrected chi connectivity index (χ4v) is 2.98. The Kier molecular flexibility index (Phi) is 2.89. The van der Waals surface area contributed by atoms with Crippen molar-refractivity contribution in [2.45, 2.75) is 0 Å². The Hall–Kier alpha value is -0.570. The second-order valence-electron chi connectivity index (χ2n) is 3.89. The highest BCUT2D eigenvalue weighted by atomic mass is 79.9. The minimum absolute atomic E-state index is 0.768. The summed E-state index contributed by atoms with van der Waals surface area (Å²) in [7, 11) is 0. The maximum absolute atomic E-state index is 6.31. The zero-order valence-corrected chi connectivity index (χ0v) is 12.6. The highest BCUT2D eigenvalue weighted by molar-refractivity contribution is 9.10. The number of hydrogen-bond acceptors (Lipinski definition) is 0. The van der Waals surface area contributed by atoms with Crippen molar-refractivity contribution in [1.29, 1.82) is 0 Å². The standard InChI is InChI=1S/C14H7Br2Cl/c15-9-3-1-8-2-4-11-10(12(8)7-9)5-6-13(16)14(11)17/h1-7H. The number of hydrogen-bond donors (Lipinski definition) is 0. The van der Waals surface area contributed by atoms with Crippen molar-refractivity contribution in [2.24, 2.45) is 0 Å². The molecule has 0 saturated carbocycles. The van der Waals surface area contributed by atoms with E-state index in [1.54, 1.807) is 0 Å². The number of halogens is 3. The first-order valence-electron chi connectivity index (χ1n) is 5.13. The molecule has 0 heterocycles. The Morgan fingerprint density at radius 1 is 0.765 bits per heavy atom. The van der Waals surface area contributed by atoms with Gasteiger partial charge in [0.2, 0.25) is 0 Å². The van der Waals surface area contributed by atoms with Gasteiger partial charge in [0, 0.05) is 14.3 Å². The number of rotatable bonds is 0. The first-order valence-corrected chi connectivity index (χ1v) is 7.09. The minimum atomic E-state index is 0.768. The summed E-state index contributed by atoms with van der Waals surface area (Å²) < 4.78 is 2.01. The van der Waals surface area contributed by atoms with Gasteiger partial charge >= 0.3 is 0 Å². The van der Waals surface area contributed by atoms with Crippen LogP contribution in [0.25, 0.3) is 21.5 Å². The minimum Gasteiger partial charge on any atom is -0.0824 e. The van der Waals surface area contributed by atoms with Gasteiger partial charge in [-0.1, -0.05) is 51.8 Å². The van der Waals surface area contributed by atoms with Crippen molar-refractivity contribution >= 4 is 65.0 Å². The van der Waals surface area contributed by atoms with Crippen LogP contribution in [0.3, 0.4) is 0 Å². The van der Waals surface area contributed by atoms with Crippen LogP contribution in [-0.2, 0) is 0 Å². The predicted octanol–water partition coefficient (Wildman–Crippen LogP) is 6.17. The largest absolute Gasteiger partial charge is 0.0824 e. The fourth-order valence-electron chi connectivity index (χ4n) is 2.04. The topological polar surface area (TPSA) is 0 Å². The molecule has 0 spiro atoms. The molecule has 0 atom stereocenters. The Bertz CT molecular complexity index is 735. The molecule has 3 heteroatoms. The summed E-state index contributed by atoms with van der Waals surface area (Å²) >= 11 is 13.3. The van der Waals surface area contributed by atoms with Gasteiger partial charge in [0.25, 0.3) is 0 Å². The van der Waals surface area contributed by atoms with Crippen LogP contribution < -0.4 is 0 Å². The maximum Gasteiger partial charge on any atom is 0.0626 e.